The van der Waals surface area contributed by atoms with Gasteiger partial charge in [-0.25, -0.2) is 8.42 Å². The molecular formula is C11H17NO3S2. The van der Waals surface area contributed by atoms with E-state index in [0.29, 0.717) is 24.0 Å². The Labute approximate surface area is 106 Å². The van der Waals surface area contributed by atoms with E-state index in [2.05, 4.69) is 0 Å². The average Bonchev–Trinajstić information content (AvgIpc) is 2.64. The first-order chi connectivity index (χ1) is 7.84. The van der Waals surface area contributed by atoms with Gasteiger partial charge in [0.2, 0.25) is 0 Å². The van der Waals surface area contributed by atoms with Crippen molar-refractivity contribution in [1.82, 2.24) is 4.31 Å². The average molecular weight is 275 g/mol. The van der Waals surface area contributed by atoms with E-state index in [1.54, 1.807) is 10.4 Å². The Morgan fingerprint density at radius 2 is 2.12 bits per heavy atom. The van der Waals surface area contributed by atoms with Crippen molar-refractivity contribution in [2.45, 2.75) is 30.5 Å². The van der Waals surface area contributed by atoms with E-state index < -0.39 is 15.6 Å². The summed E-state index contributed by atoms with van der Waals surface area (Å²) in [7, 11) is -3.38. The first kappa shape index (κ1) is 13.0. The third kappa shape index (κ3) is 2.40. The van der Waals surface area contributed by atoms with Crippen LogP contribution in [0.15, 0.2) is 16.3 Å². The Morgan fingerprint density at radius 3 is 2.65 bits per heavy atom. The highest BCUT2D eigenvalue weighted by molar-refractivity contribution is 7.91. The molecule has 0 atom stereocenters. The molecule has 1 aromatic rings. The molecule has 6 heteroatoms. The summed E-state index contributed by atoms with van der Waals surface area (Å²) in [5.41, 5.74) is -0.477. The molecule has 0 radical (unpaired) electrons. The van der Waals surface area contributed by atoms with Gasteiger partial charge in [0.05, 0.1) is 18.8 Å². The lowest BCUT2D eigenvalue weighted by Gasteiger charge is -2.40. The fourth-order valence-electron chi connectivity index (χ4n) is 1.95. The molecule has 2 rings (SSSR count). The topological polar surface area (TPSA) is 46.6 Å². The fourth-order valence-corrected chi connectivity index (χ4v) is 5.10. The smallest absolute Gasteiger partial charge is 0.253 e. The minimum absolute atomic E-state index is 0.421. The number of sulfonamides is 1. The third-order valence-corrected chi connectivity index (χ3v) is 6.41. The highest BCUT2D eigenvalue weighted by Crippen LogP contribution is 2.30. The van der Waals surface area contributed by atoms with Gasteiger partial charge >= 0.3 is 0 Å². The largest absolute Gasteiger partial charge is 0.378 e. The summed E-state index contributed by atoms with van der Waals surface area (Å²) in [6, 6.07) is 3.52. The second-order valence-corrected chi connectivity index (χ2v) is 8.18. The van der Waals surface area contributed by atoms with Gasteiger partial charge in [-0.1, -0.05) is 0 Å². The van der Waals surface area contributed by atoms with Crippen LogP contribution in [0.25, 0.3) is 0 Å². The minimum Gasteiger partial charge on any atom is -0.378 e. The van der Waals surface area contributed by atoms with Crippen molar-refractivity contribution < 1.29 is 13.2 Å². The Morgan fingerprint density at radius 1 is 1.41 bits per heavy atom. The summed E-state index contributed by atoms with van der Waals surface area (Å²) in [6.07, 6.45) is 0. The van der Waals surface area contributed by atoms with E-state index in [4.69, 9.17) is 4.74 Å². The highest BCUT2D eigenvalue weighted by Gasteiger charge is 2.40. The zero-order valence-electron chi connectivity index (χ0n) is 10.3. The summed E-state index contributed by atoms with van der Waals surface area (Å²) < 4.78 is 32.3. The maximum Gasteiger partial charge on any atom is 0.253 e. The molecule has 0 amide bonds. The Hall–Kier alpha value is -0.430. The predicted molar refractivity (Wildman–Crippen MR) is 67.8 cm³/mol. The van der Waals surface area contributed by atoms with Crippen molar-refractivity contribution in [1.29, 1.82) is 0 Å². The number of hydrogen-bond donors (Lipinski definition) is 0. The van der Waals surface area contributed by atoms with Crippen LogP contribution in [-0.4, -0.2) is 38.0 Å². The Bertz CT molecular complexity index is 505. The fraction of sp³-hybridized carbons (Fsp3) is 0.636. The molecule has 0 aromatic carbocycles. The molecule has 0 saturated carbocycles. The van der Waals surface area contributed by atoms with Gasteiger partial charge in [0, 0.05) is 11.4 Å². The maximum absolute atomic E-state index is 12.5. The molecule has 0 bridgehead atoms. The lowest BCUT2D eigenvalue weighted by atomic mass is 10.1. The van der Waals surface area contributed by atoms with Crippen molar-refractivity contribution >= 4 is 21.4 Å². The standard InChI is InChI=1S/C11H17NO3S2/c1-9-4-5-10(16-9)17(13,14)12-6-7-15-8-11(12,2)3/h4-5H,6-8H2,1-3H3. The van der Waals surface area contributed by atoms with Crippen LogP contribution in [0.1, 0.15) is 18.7 Å². The molecule has 4 nitrogen and oxygen atoms in total. The quantitative estimate of drug-likeness (QED) is 0.827. The number of rotatable bonds is 2. The highest BCUT2D eigenvalue weighted by atomic mass is 32.2. The molecule has 0 aliphatic carbocycles. The van der Waals surface area contributed by atoms with Gasteiger partial charge in [-0.2, -0.15) is 4.31 Å². The molecule has 1 aliphatic rings. The van der Waals surface area contributed by atoms with Crippen molar-refractivity contribution in [3.63, 3.8) is 0 Å². The number of morpholine rings is 1. The maximum atomic E-state index is 12.5. The number of ether oxygens (including phenoxy) is 1. The van der Waals surface area contributed by atoms with E-state index in [1.165, 1.54) is 11.3 Å². The SMILES string of the molecule is Cc1ccc(S(=O)(=O)N2CCOCC2(C)C)s1. The van der Waals surface area contributed by atoms with E-state index in [0.717, 1.165) is 4.88 Å². The molecule has 0 spiro atoms. The summed E-state index contributed by atoms with van der Waals surface area (Å²) in [6.45, 7) is 7.03. The van der Waals surface area contributed by atoms with Crippen LogP contribution in [0.2, 0.25) is 0 Å². The van der Waals surface area contributed by atoms with Gasteiger partial charge in [-0.05, 0) is 32.9 Å². The summed E-state index contributed by atoms with van der Waals surface area (Å²) in [5, 5.41) is 0. The van der Waals surface area contributed by atoms with Crippen LogP contribution in [0, 0.1) is 6.92 Å². The summed E-state index contributed by atoms with van der Waals surface area (Å²) >= 11 is 1.32. The number of hydrogen-bond acceptors (Lipinski definition) is 4. The molecule has 0 N–H and O–H groups in total. The van der Waals surface area contributed by atoms with Crippen molar-refractivity contribution in [2.75, 3.05) is 19.8 Å². The monoisotopic (exact) mass is 275 g/mol. The summed E-state index contributed by atoms with van der Waals surface area (Å²) in [5.74, 6) is 0. The molecule has 96 valence electrons. The molecule has 17 heavy (non-hydrogen) atoms. The van der Waals surface area contributed by atoms with Crippen LogP contribution in [0.3, 0.4) is 0 Å². The van der Waals surface area contributed by atoms with Gasteiger partial charge in [0.1, 0.15) is 4.21 Å². The second kappa shape index (κ2) is 4.35. The molecular weight excluding hydrogens is 258 g/mol. The molecule has 2 heterocycles. The lowest BCUT2D eigenvalue weighted by Crippen LogP contribution is -2.55. The number of thiophene rings is 1. The van der Waals surface area contributed by atoms with Crippen LogP contribution in [0.4, 0.5) is 0 Å². The van der Waals surface area contributed by atoms with E-state index in [1.807, 2.05) is 26.8 Å². The normalized spacial score (nSPS) is 21.6. The van der Waals surface area contributed by atoms with Crippen molar-refractivity contribution in [2.24, 2.45) is 0 Å². The lowest BCUT2D eigenvalue weighted by molar-refractivity contribution is -0.00761. The molecule has 0 unspecified atom stereocenters. The summed E-state index contributed by atoms with van der Waals surface area (Å²) in [4.78, 5) is 1.01. The zero-order chi connectivity index (χ0) is 12.7. The van der Waals surface area contributed by atoms with Crippen molar-refractivity contribution in [3.8, 4) is 0 Å². The van der Waals surface area contributed by atoms with Crippen LogP contribution in [0.5, 0.6) is 0 Å². The van der Waals surface area contributed by atoms with Crippen LogP contribution >= 0.6 is 11.3 Å². The Balaban J connectivity index is 2.38. The second-order valence-electron chi connectivity index (χ2n) is 4.81. The zero-order valence-corrected chi connectivity index (χ0v) is 11.9. The van der Waals surface area contributed by atoms with Gasteiger partial charge in [-0.15, -0.1) is 11.3 Å². The first-order valence-electron chi connectivity index (χ1n) is 5.51. The van der Waals surface area contributed by atoms with Crippen molar-refractivity contribution in [3.05, 3.63) is 17.0 Å². The first-order valence-corrected chi connectivity index (χ1v) is 7.77. The molecule has 1 saturated heterocycles. The third-order valence-electron chi connectivity index (χ3n) is 2.83. The van der Waals surface area contributed by atoms with Gasteiger partial charge < -0.3 is 4.74 Å². The molecule has 1 aromatic heterocycles. The Kier molecular flexibility index (Phi) is 3.33. The molecule has 1 fully saturated rings. The van der Waals surface area contributed by atoms with E-state index >= 15 is 0 Å². The number of aryl methyl sites for hydroxylation is 1. The minimum atomic E-state index is -3.38. The van der Waals surface area contributed by atoms with Gasteiger partial charge in [0.25, 0.3) is 10.0 Å². The number of nitrogens with zero attached hydrogens (tertiary/aromatic N) is 1. The van der Waals surface area contributed by atoms with E-state index in [9.17, 15) is 8.42 Å². The van der Waals surface area contributed by atoms with Crippen LogP contribution in [-0.2, 0) is 14.8 Å². The van der Waals surface area contributed by atoms with E-state index in [-0.39, 0.29) is 0 Å². The van der Waals surface area contributed by atoms with Gasteiger partial charge in [-0.3, -0.25) is 0 Å². The van der Waals surface area contributed by atoms with Crippen LogP contribution < -0.4 is 0 Å². The van der Waals surface area contributed by atoms with Gasteiger partial charge in [0.15, 0.2) is 0 Å². The predicted octanol–water partition coefficient (Wildman–Crippen LogP) is 1.86. The molecule has 1 aliphatic heterocycles.